The molecule has 0 bridgehead atoms. The zero-order valence-electron chi connectivity index (χ0n) is 6.48. The standard InChI is InChI=1S/C7H15OSi/c1-4-6-8-9(3)7-5-2/h5,7H,4,6H2,1-3H3/b7-5+. The van der Waals surface area contributed by atoms with Crippen LogP contribution in [0.15, 0.2) is 11.8 Å². The largest absolute Gasteiger partial charge is 0.413 e. The van der Waals surface area contributed by atoms with E-state index in [1.807, 2.05) is 6.92 Å². The molecule has 1 radical (unpaired) electrons. The van der Waals surface area contributed by atoms with E-state index in [4.69, 9.17) is 4.43 Å². The van der Waals surface area contributed by atoms with Crippen LogP contribution in [-0.4, -0.2) is 15.6 Å². The quantitative estimate of drug-likeness (QED) is 0.548. The van der Waals surface area contributed by atoms with Gasteiger partial charge >= 0.3 is 0 Å². The molecule has 0 unspecified atom stereocenters. The normalized spacial score (nSPS) is 11.6. The highest BCUT2D eigenvalue weighted by molar-refractivity contribution is 6.56. The molecule has 53 valence electrons. The van der Waals surface area contributed by atoms with Crippen molar-refractivity contribution in [3.63, 3.8) is 0 Å². The van der Waals surface area contributed by atoms with Gasteiger partial charge in [0.2, 0.25) is 9.04 Å². The molecule has 9 heavy (non-hydrogen) atoms. The van der Waals surface area contributed by atoms with Crippen molar-refractivity contribution in [3.05, 3.63) is 11.8 Å². The Morgan fingerprint density at radius 3 is 2.67 bits per heavy atom. The Labute approximate surface area is 59.5 Å². The molecule has 1 nitrogen and oxygen atoms in total. The van der Waals surface area contributed by atoms with Gasteiger partial charge in [0, 0.05) is 6.61 Å². The molecule has 2 heteroatoms. The molecular formula is C7H15OSi. The second kappa shape index (κ2) is 6.04. The molecule has 0 amide bonds. The molecule has 0 atom stereocenters. The number of hydrogen-bond donors (Lipinski definition) is 0. The van der Waals surface area contributed by atoms with E-state index in [0.29, 0.717) is 0 Å². The summed E-state index contributed by atoms with van der Waals surface area (Å²) < 4.78 is 5.45. The second-order valence-electron chi connectivity index (χ2n) is 1.96. The van der Waals surface area contributed by atoms with Crippen molar-refractivity contribution >= 4 is 9.04 Å². The maximum Gasteiger partial charge on any atom is 0.235 e. The third kappa shape index (κ3) is 5.79. The molecule has 0 rings (SSSR count). The van der Waals surface area contributed by atoms with Crippen LogP contribution >= 0.6 is 0 Å². The predicted octanol–water partition coefficient (Wildman–Crippen LogP) is 2.15. The molecule has 0 aromatic rings. The smallest absolute Gasteiger partial charge is 0.235 e. The topological polar surface area (TPSA) is 9.23 Å². The maximum absolute atomic E-state index is 5.45. The monoisotopic (exact) mass is 143 g/mol. The summed E-state index contributed by atoms with van der Waals surface area (Å²) in [4.78, 5) is 0. The fourth-order valence-electron chi connectivity index (χ4n) is 0.546. The van der Waals surface area contributed by atoms with Crippen molar-refractivity contribution in [3.8, 4) is 0 Å². The summed E-state index contributed by atoms with van der Waals surface area (Å²) in [5.41, 5.74) is 2.15. The molecule has 0 saturated heterocycles. The molecule has 0 aliphatic heterocycles. The van der Waals surface area contributed by atoms with Crippen LogP contribution in [0, 0.1) is 0 Å². The Morgan fingerprint density at radius 1 is 1.56 bits per heavy atom. The first-order valence-corrected chi connectivity index (χ1v) is 5.38. The van der Waals surface area contributed by atoms with Crippen LogP contribution in [-0.2, 0) is 4.43 Å². The van der Waals surface area contributed by atoms with E-state index < -0.39 is 9.04 Å². The van der Waals surface area contributed by atoms with Gasteiger partial charge in [0.1, 0.15) is 0 Å². The van der Waals surface area contributed by atoms with Gasteiger partial charge in [0.15, 0.2) is 0 Å². The SMILES string of the molecule is C/C=C/[Si](C)OCCC. The summed E-state index contributed by atoms with van der Waals surface area (Å²) in [7, 11) is -0.584. The van der Waals surface area contributed by atoms with Crippen molar-refractivity contribution in [2.24, 2.45) is 0 Å². The Kier molecular flexibility index (Phi) is 5.99. The Bertz CT molecular complexity index is 81.0. The van der Waals surface area contributed by atoms with E-state index in [0.717, 1.165) is 13.0 Å². The van der Waals surface area contributed by atoms with Gasteiger partial charge in [-0.1, -0.05) is 18.7 Å². The lowest BCUT2D eigenvalue weighted by atomic mass is 10.5. The summed E-state index contributed by atoms with van der Waals surface area (Å²) in [5.74, 6) is 0. The van der Waals surface area contributed by atoms with Crippen molar-refractivity contribution in [1.82, 2.24) is 0 Å². The summed E-state index contributed by atoms with van der Waals surface area (Å²) in [6, 6.07) is 0. The van der Waals surface area contributed by atoms with Crippen LogP contribution in [0.5, 0.6) is 0 Å². The Morgan fingerprint density at radius 2 is 2.22 bits per heavy atom. The van der Waals surface area contributed by atoms with E-state index >= 15 is 0 Å². The minimum Gasteiger partial charge on any atom is -0.413 e. The van der Waals surface area contributed by atoms with E-state index in [1.165, 1.54) is 0 Å². The van der Waals surface area contributed by atoms with Crippen LogP contribution in [0.1, 0.15) is 20.3 Å². The van der Waals surface area contributed by atoms with Crippen LogP contribution < -0.4 is 0 Å². The number of rotatable bonds is 4. The molecule has 0 fully saturated rings. The van der Waals surface area contributed by atoms with Crippen LogP contribution in [0.25, 0.3) is 0 Å². The van der Waals surface area contributed by atoms with Gasteiger partial charge in [0.25, 0.3) is 0 Å². The van der Waals surface area contributed by atoms with E-state index in [-0.39, 0.29) is 0 Å². The minimum atomic E-state index is -0.584. The number of hydrogen-bond acceptors (Lipinski definition) is 1. The molecule has 0 aromatic carbocycles. The maximum atomic E-state index is 5.45. The average Bonchev–Trinajstić information content (AvgIpc) is 1.85. The fourth-order valence-corrected chi connectivity index (χ4v) is 1.64. The third-order valence-corrected chi connectivity index (χ3v) is 2.40. The Hall–Kier alpha value is -0.0831. The van der Waals surface area contributed by atoms with E-state index in [9.17, 15) is 0 Å². The number of allylic oxidation sites excluding steroid dienone is 1. The zero-order valence-corrected chi connectivity index (χ0v) is 7.48. The third-order valence-electron chi connectivity index (χ3n) is 0.935. The Balaban J connectivity index is 3.15. The van der Waals surface area contributed by atoms with E-state index in [1.54, 1.807) is 0 Å². The van der Waals surface area contributed by atoms with Gasteiger partial charge in [-0.05, 0) is 19.9 Å². The first kappa shape index (κ1) is 8.92. The van der Waals surface area contributed by atoms with Crippen molar-refractivity contribution in [2.45, 2.75) is 26.8 Å². The zero-order chi connectivity index (χ0) is 7.11. The lowest BCUT2D eigenvalue weighted by molar-refractivity contribution is 0.329. The first-order valence-electron chi connectivity index (χ1n) is 3.40. The summed E-state index contributed by atoms with van der Waals surface area (Å²) >= 11 is 0. The summed E-state index contributed by atoms with van der Waals surface area (Å²) in [6.07, 6.45) is 3.18. The van der Waals surface area contributed by atoms with Crippen molar-refractivity contribution < 1.29 is 4.43 Å². The van der Waals surface area contributed by atoms with Crippen molar-refractivity contribution in [1.29, 1.82) is 0 Å². The van der Waals surface area contributed by atoms with Gasteiger partial charge in [-0.3, -0.25) is 0 Å². The fraction of sp³-hybridized carbons (Fsp3) is 0.714. The molecule has 0 saturated carbocycles. The van der Waals surface area contributed by atoms with Gasteiger partial charge in [-0.2, -0.15) is 0 Å². The summed E-state index contributed by atoms with van der Waals surface area (Å²) in [6.45, 7) is 7.23. The molecule has 0 N–H and O–H groups in total. The van der Waals surface area contributed by atoms with Gasteiger partial charge < -0.3 is 4.43 Å². The lowest BCUT2D eigenvalue weighted by Gasteiger charge is -2.02. The van der Waals surface area contributed by atoms with Crippen LogP contribution in [0.2, 0.25) is 6.55 Å². The van der Waals surface area contributed by atoms with Crippen LogP contribution in [0.4, 0.5) is 0 Å². The highest BCUT2D eigenvalue weighted by atomic mass is 28.3. The first-order chi connectivity index (χ1) is 4.31. The summed E-state index contributed by atoms with van der Waals surface area (Å²) in [5, 5.41) is 0. The van der Waals surface area contributed by atoms with Gasteiger partial charge in [0.05, 0.1) is 0 Å². The second-order valence-corrected chi connectivity index (χ2v) is 3.80. The molecular weight excluding hydrogens is 128 g/mol. The predicted molar refractivity (Wildman–Crippen MR) is 42.7 cm³/mol. The molecule has 0 aliphatic carbocycles. The lowest BCUT2D eigenvalue weighted by Crippen LogP contribution is -2.10. The van der Waals surface area contributed by atoms with Crippen molar-refractivity contribution in [2.75, 3.05) is 6.61 Å². The molecule has 0 aromatic heterocycles. The van der Waals surface area contributed by atoms with E-state index in [2.05, 4.69) is 25.2 Å². The van der Waals surface area contributed by atoms with Crippen LogP contribution in [0.3, 0.4) is 0 Å². The van der Waals surface area contributed by atoms with Gasteiger partial charge in [-0.15, -0.1) is 0 Å². The molecule has 0 aliphatic rings. The minimum absolute atomic E-state index is 0.584. The highest BCUT2D eigenvalue weighted by Crippen LogP contribution is 1.89. The molecule has 0 heterocycles. The van der Waals surface area contributed by atoms with Gasteiger partial charge in [-0.25, -0.2) is 0 Å². The average molecular weight is 143 g/mol. The highest BCUT2D eigenvalue weighted by Gasteiger charge is 1.96. The molecule has 0 spiro atoms.